The van der Waals surface area contributed by atoms with E-state index >= 15 is 0 Å². The smallest absolute Gasteiger partial charge is 0.450 e. The second kappa shape index (κ2) is 10.3. The van der Waals surface area contributed by atoms with Crippen molar-refractivity contribution in [2.24, 2.45) is 0 Å². The first-order valence-electron chi connectivity index (χ1n) is 7.91. The van der Waals surface area contributed by atoms with Crippen LogP contribution in [0.3, 0.4) is 0 Å². The van der Waals surface area contributed by atoms with Gasteiger partial charge in [-0.1, -0.05) is 49.6 Å². The largest absolute Gasteiger partial charge is 0.514 e. The van der Waals surface area contributed by atoms with E-state index in [-0.39, 0.29) is 36.2 Å². The summed E-state index contributed by atoms with van der Waals surface area (Å²) < 4.78 is 25.5. The highest BCUT2D eigenvalue weighted by molar-refractivity contribution is 5.67. The third-order valence-corrected chi connectivity index (χ3v) is 2.94. The van der Waals surface area contributed by atoms with Gasteiger partial charge in [0.25, 0.3) is 0 Å². The van der Waals surface area contributed by atoms with Crippen LogP contribution >= 0.6 is 0 Å². The fourth-order valence-electron chi connectivity index (χ4n) is 1.85. The molecule has 0 spiro atoms. The Labute approximate surface area is 156 Å². The Hall–Kier alpha value is -3.74. The van der Waals surface area contributed by atoms with Gasteiger partial charge in [0.05, 0.1) is 0 Å². The maximum absolute atomic E-state index is 11.6. The lowest BCUT2D eigenvalue weighted by atomic mass is 10.3. The van der Waals surface area contributed by atoms with E-state index in [4.69, 9.17) is 23.7 Å². The first kappa shape index (κ1) is 19.6. The lowest BCUT2D eigenvalue weighted by Gasteiger charge is -2.13. The number of ether oxygens (including phenoxy) is 5. The van der Waals surface area contributed by atoms with Crippen molar-refractivity contribution in [3.63, 3.8) is 0 Å². The van der Waals surface area contributed by atoms with E-state index in [1.807, 2.05) is 0 Å². The van der Waals surface area contributed by atoms with Gasteiger partial charge >= 0.3 is 12.3 Å². The van der Waals surface area contributed by atoms with Crippen LogP contribution in [0.2, 0.25) is 0 Å². The molecule has 0 aliphatic carbocycles. The minimum atomic E-state index is -0.900. The molecule has 2 aromatic rings. The van der Waals surface area contributed by atoms with Crippen molar-refractivity contribution in [3.8, 4) is 23.0 Å². The fraction of sp³-hybridized carbons (Fsp3) is 0.100. The molecular weight excluding hydrogens is 352 g/mol. The van der Waals surface area contributed by atoms with E-state index in [0.717, 1.165) is 0 Å². The molecule has 0 heterocycles. The van der Waals surface area contributed by atoms with Crippen LogP contribution in [0.15, 0.2) is 73.8 Å². The van der Waals surface area contributed by atoms with Gasteiger partial charge in [-0.2, -0.15) is 0 Å². The summed E-state index contributed by atoms with van der Waals surface area (Å²) in [5, 5.41) is 0. The molecule has 27 heavy (non-hydrogen) atoms. The lowest BCUT2D eigenvalue weighted by molar-refractivity contribution is 0.108. The van der Waals surface area contributed by atoms with Gasteiger partial charge < -0.3 is 23.7 Å². The number of carbonyl (C=O) groups is 2. The Morgan fingerprint density at radius 2 is 1.07 bits per heavy atom. The van der Waals surface area contributed by atoms with Crippen molar-refractivity contribution in [2.45, 2.75) is 0 Å². The van der Waals surface area contributed by atoms with E-state index in [9.17, 15) is 9.59 Å². The Bertz CT molecular complexity index is 746. The average Bonchev–Trinajstić information content (AvgIpc) is 2.67. The van der Waals surface area contributed by atoms with E-state index in [1.54, 1.807) is 36.4 Å². The molecule has 0 amide bonds. The number of hydrogen-bond donors (Lipinski definition) is 0. The molecule has 7 heteroatoms. The molecule has 140 valence electrons. The van der Waals surface area contributed by atoms with Crippen molar-refractivity contribution in [3.05, 3.63) is 73.8 Å². The third kappa shape index (κ3) is 6.24. The summed E-state index contributed by atoms with van der Waals surface area (Å²) in [7, 11) is 0. The molecule has 7 nitrogen and oxygen atoms in total. The molecule has 0 bridgehead atoms. The molecule has 0 fully saturated rings. The number of rotatable bonds is 8. The van der Waals surface area contributed by atoms with Crippen LogP contribution in [0, 0.1) is 0 Å². The summed E-state index contributed by atoms with van der Waals surface area (Å²) in [6, 6.07) is 13.0. The van der Waals surface area contributed by atoms with E-state index in [2.05, 4.69) is 13.2 Å². The minimum Gasteiger partial charge on any atom is -0.450 e. The zero-order valence-electron chi connectivity index (χ0n) is 14.5. The number of carbonyl (C=O) groups excluding carboxylic acids is 2. The molecule has 0 saturated carbocycles. The van der Waals surface area contributed by atoms with Gasteiger partial charge in [0.15, 0.2) is 23.0 Å². The van der Waals surface area contributed by atoms with Crippen LogP contribution in [0.1, 0.15) is 0 Å². The second-order valence-electron chi connectivity index (χ2n) is 4.90. The van der Waals surface area contributed by atoms with Crippen LogP contribution < -0.4 is 14.2 Å². The van der Waals surface area contributed by atoms with Crippen LogP contribution in [0.5, 0.6) is 23.0 Å². The van der Waals surface area contributed by atoms with Crippen LogP contribution in [0.4, 0.5) is 9.59 Å². The Balaban J connectivity index is 2.15. The van der Waals surface area contributed by atoms with Gasteiger partial charge in [-0.25, -0.2) is 9.59 Å². The molecule has 2 aromatic carbocycles. The predicted octanol–water partition coefficient (Wildman–Crippen LogP) is 4.88. The van der Waals surface area contributed by atoms with Gasteiger partial charge in [0.2, 0.25) is 0 Å². The lowest BCUT2D eigenvalue weighted by Crippen LogP contribution is -2.12. The summed E-state index contributed by atoms with van der Waals surface area (Å²) in [5.74, 6) is 0.721. The first-order valence-corrected chi connectivity index (χ1v) is 7.91. The number of benzene rings is 2. The van der Waals surface area contributed by atoms with Gasteiger partial charge in [0, 0.05) is 0 Å². The van der Waals surface area contributed by atoms with Crippen molar-refractivity contribution in [1.82, 2.24) is 0 Å². The molecule has 0 N–H and O–H groups in total. The highest BCUT2D eigenvalue weighted by Gasteiger charge is 2.15. The van der Waals surface area contributed by atoms with E-state index < -0.39 is 12.3 Å². The molecular formula is C20H18O7. The molecule has 0 aliphatic heterocycles. The predicted molar refractivity (Wildman–Crippen MR) is 97.3 cm³/mol. The zero-order chi connectivity index (χ0) is 19.5. The highest BCUT2D eigenvalue weighted by atomic mass is 16.7. The van der Waals surface area contributed by atoms with Crippen molar-refractivity contribution in [1.29, 1.82) is 0 Å². The maximum atomic E-state index is 11.6. The number of hydrogen-bond acceptors (Lipinski definition) is 7. The average molecular weight is 370 g/mol. The van der Waals surface area contributed by atoms with Crippen molar-refractivity contribution >= 4 is 12.3 Å². The molecule has 0 aliphatic rings. The normalized spacial score (nSPS) is 9.63. The van der Waals surface area contributed by atoms with Gasteiger partial charge in [-0.05, 0) is 24.3 Å². The first-order chi connectivity index (χ1) is 13.1. The summed E-state index contributed by atoms with van der Waals surface area (Å²) in [4.78, 5) is 23.3. The Morgan fingerprint density at radius 3 is 1.44 bits per heavy atom. The molecule has 0 saturated heterocycles. The minimum absolute atomic E-state index is 0.0192. The topological polar surface area (TPSA) is 80.3 Å². The quantitative estimate of drug-likeness (QED) is 0.372. The van der Waals surface area contributed by atoms with Gasteiger partial charge in [0.1, 0.15) is 13.2 Å². The summed E-state index contributed by atoms with van der Waals surface area (Å²) in [6.07, 6.45) is 1.04. The molecule has 0 atom stereocenters. The molecule has 0 radical (unpaired) electrons. The maximum Gasteiger partial charge on any atom is 0.514 e. The Kier molecular flexibility index (Phi) is 7.47. The summed E-state index contributed by atoms with van der Waals surface area (Å²) in [5.41, 5.74) is 0. The zero-order valence-corrected chi connectivity index (χ0v) is 14.5. The number of para-hydroxylation sites is 4. The van der Waals surface area contributed by atoms with Crippen LogP contribution in [0.25, 0.3) is 0 Å². The third-order valence-electron chi connectivity index (χ3n) is 2.94. The molecule has 0 unspecified atom stereocenters. The summed E-state index contributed by atoms with van der Waals surface area (Å²) >= 11 is 0. The monoisotopic (exact) mass is 370 g/mol. The SMILES string of the molecule is C=CCOC(=O)Oc1ccccc1Oc1ccccc1OC(=O)OCC=C. The van der Waals surface area contributed by atoms with E-state index in [1.165, 1.54) is 24.3 Å². The standard InChI is InChI=1S/C20H18O7/c1-3-13-23-19(21)26-17-11-7-5-9-15(17)25-16-10-6-8-12-18(16)27-20(22)24-14-4-2/h3-12H,1-2,13-14H2. The van der Waals surface area contributed by atoms with Gasteiger partial charge in [-0.3, -0.25) is 0 Å². The van der Waals surface area contributed by atoms with Crippen molar-refractivity contribution < 1.29 is 33.3 Å². The molecule has 2 rings (SSSR count). The van der Waals surface area contributed by atoms with E-state index in [0.29, 0.717) is 0 Å². The molecule has 0 aromatic heterocycles. The fourth-order valence-corrected chi connectivity index (χ4v) is 1.85. The van der Waals surface area contributed by atoms with Crippen LogP contribution in [-0.4, -0.2) is 25.5 Å². The highest BCUT2D eigenvalue weighted by Crippen LogP contribution is 2.36. The summed E-state index contributed by atoms with van der Waals surface area (Å²) in [6.45, 7) is 6.94. The second-order valence-corrected chi connectivity index (χ2v) is 4.90. The van der Waals surface area contributed by atoms with Crippen LogP contribution in [-0.2, 0) is 9.47 Å². The van der Waals surface area contributed by atoms with Gasteiger partial charge in [-0.15, -0.1) is 0 Å². The van der Waals surface area contributed by atoms with Crippen molar-refractivity contribution in [2.75, 3.05) is 13.2 Å². The Morgan fingerprint density at radius 1 is 0.704 bits per heavy atom.